The summed E-state index contributed by atoms with van der Waals surface area (Å²) in [6.07, 6.45) is 0.560. The first-order valence-corrected chi connectivity index (χ1v) is 11.8. The smallest absolute Gasteiger partial charge is 0.345 e. The van der Waals surface area contributed by atoms with Crippen molar-refractivity contribution in [2.24, 2.45) is 16.4 Å². The van der Waals surface area contributed by atoms with Gasteiger partial charge in [0.05, 0.1) is 23.5 Å². The van der Waals surface area contributed by atoms with Crippen LogP contribution in [-0.2, 0) is 9.59 Å². The normalized spacial score (nSPS) is 13.7. The number of para-hydroxylation sites is 1. The lowest BCUT2D eigenvalue weighted by atomic mass is 9.90. The number of aromatic carboxylic acids is 1. The van der Waals surface area contributed by atoms with E-state index in [1.165, 1.54) is 23.1 Å². The van der Waals surface area contributed by atoms with E-state index in [-0.39, 0.29) is 29.5 Å². The van der Waals surface area contributed by atoms with E-state index in [0.717, 1.165) is 10.6 Å². The van der Waals surface area contributed by atoms with E-state index in [1.807, 2.05) is 26.0 Å². The van der Waals surface area contributed by atoms with Crippen LogP contribution in [0.5, 0.6) is 0 Å². The van der Waals surface area contributed by atoms with Crippen LogP contribution in [0.15, 0.2) is 53.6 Å². The summed E-state index contributed by atoms with van der Waals surface area (Å²) < 4.78 is 0. The van der Waals surface area contributed by atoms with Gasteiger partial charge in [-0.05, 0) is 36.6 Å². The second kappa shape index (κ2) is 10.7. The van der Waals surface area contributed by atoms with Gasteiger partial charge in [0.2, 0.25) is 5.91 Å². The molecule has 0 aromatic heterocycles. The van der Waals surface area contributed by atoms with Gasteiger partial charge in [0, 0.05) is 16.7 Å². The topological polar surface area (TPSA) is 119 Å². The molecule has 3 amide bonds. The molecule has 2 aromatic carbocycles. The quantitative estimate of drug-likeness (QED) is 0.557. The molecule has 0 fully saturated rings. The average Bonchev–Trinajstić information content (AvgIpc) is 2.89. The third-order valence-corrected chi connectivity index (χ3v) is 5.63. The first-order valence-electron chi connectivity index (χ1n) is 11.8. The molecule has 9 heteroatoms. The van der Waals surface area contributed by atoms with E-state index >= 15 is 0 Å². The minimum absolute atomic E-state index is 0.0261. The van der Waals surface area contributed by atoms with Gasteiger partial charge in [-0.15, -0.1) is 0 Å². The third kappa shape index (κ3) is 6.35. The maximum atomic E-state index is 13.7. The minimum Gasteiger partial charge on any atom is -0.478 e. The Balaban J connectivity index is 1.96. The molecule has 0 unspecified atom stereocenters. The number of Topliss-reactive ketones (excluding diaryl/α,β-unsaturated/α-hetero) is 1. The Morgan fingerprint density at radius 1 is 1.03 bits per heavy atom. The molecule has 0 radical (unpaired) electrons. The molecule has 1 aliphatic rings. The summed E-state index contributed by atoms with van der Waals surface area (Å²) in [5.41, 5.74) is 1.59. The van der Waals surface area contributed by atoms with E-state index in [0.29, 0.717) is 17.8 Å². The summed E-state index contributed by atoms with van der Waals surface area (Å²) in [7, 11) is 0. The van der Waals surface area contributed by atoms with Crippen molar-refractivity contribution in [3.63, 3.8) is 0 Å². The van der Waals surface area contributed by atoms with Crippen molar-refractivity contribution < 1.29 is 24.3 Å². The standard InChI is InChI=1S/C27H32N4O5/c1-17(2)13-21-20-11-6-7-12-22(20)30(15-23(32)27(3,4)5)26(36)31(29-21)16-24(33)28-19-10-8-9-18(14-19)25(34)35/h6-12,14,17H,13,15-16H2,1-5H3,(H,28,33)(H,34,35). The molecule has 36 heavy (non-hydrogen) atoms. The Morgan fingerprint density at radius 2 is 1.72 bits per heavy atom. The number of amides is 3. The Kier molecular flexibility index (Phi) is 7.92. The molecular weight excluding hydrogens is 460 g/mol. The van der Waals surface area contributed by atoms with E-state index in [9.17, 15) is 24.3 Å². The van der Waals surface area contributed by atoms with Crippen LogP contribution in [0.1, 0.15) is 57.0 Å². The van der Waals surface area contributed by atoms with Gasteiger partial charge in [-0.2, -0.15) is 5.10 Å². The number of fused-ring (bicyclic) bond motifs is 1. The maximum absolute atomic E-state index is 13.7. The number of hydrogen-bond donors (Lipinski definition) is 2. The zero-order valence-electron chi connectivity index (χ0n) is 21.2. The van der Waals surface area contributed by atoms with Crippen molar-refractivity contribution in [3.05, 3.63) is 59.7 Å². The number of benzene rings is 2. The van der Waals surface area contributed by atoms with E-state index in [4.69, 9.17) is 0 Å². The monoisotopic (exact) mass is 492 g/mol. The number of hydrazone groups is 1. The van der Waals surface area contributed by atoms with Gasteiger partial charge < -0.3 is 10.4 Å². The Bertz CT molecular complexity index is 1210. The first-order chi connectivity index (χ1) is 16.9. The molecule has 0 saturated carbocycles. The number of ketones is 1. The number of anilines is 2. The molecule has 3 rings (SSSR count). The number of carboxylic acid groups (broad SMARTS) is 1. The zero-order valence-corrected chi connectivity index (χ0v) is 21.2. The van der Waals surface area contributed by atoms with Crippen LogP contribution < -0.4 is 10.2 Å². The number of hydrogen-bond acceptors (Lipinski definition) is 5. The van der Waals surface area contributed by atoms with E-state index in [2.05, 4.69) is 10.4 Å². The number of rotatable bonds is 8. The van der Waals surface area contributed by atoms with Crippen molar-refractivity contribution >= 4 is 40.8 Å². The molecule has 1 heterocycles. The van der Waals surface area contributed by atoms with Gasteiger partial charge in [-0.1, -0.05) is 58.9 Å². The third-order valence-electron chi connectivity index (χ3n) is 5.63. The fraction of sp³-hybridized carbons (Fsp3) is 0.370. The van der Waals surface area contributed by atoms with Gasteiger partial charge in [0.15, 0.2) is 5.78 Å². The van der Waals surface area contributed by atoms with Crippen LogP contribution in [0.25, 0.3) is 0 Å². The average molecular weight is 493 g/mol. The number of nitrogens with zero attached hydrogens (tertiary/aromatic N) is 3. The summed E-state index contributed by atoms with van der Waals surface area (Å²) in [4.78, 5) is 52.1. The van der Waals surface area contributed by atoms with Gasteiger partial charge in [0.1, 0.15) is 6.54 Å². The molecule has 2 aromatic rings. The van der Waals surface area contributed by atoms with Crippen molar-refractivity contribution in [3.8, 4) is 0 Å². The predicted molar refractivity (Wildman–Crippen MR) is 138 cm³/mol. The number of nitrogens with one attached hydrogen (secondary N) is 1. The fourth-order valence-electron chi connectivity index (χ4n) is 3.68. The molecule has 2 N–H and O–H groups in total. The molecule has 0 atom stereocenters. The highest BCUT2D eigenvalue weighted by atomic mass is 16.4. The molecule has 9 nitrogen and oxygen atoms in total. The highest BCUT2D eigenvalue weighted by Crippen LogP contribution is 2.29. The van der Waals surface area contributed by atoms with Crippen molar-refractivity contribution in [2.45, 2.75) is 41.0 Å². The molecule has 190 valence electrons. The van der Waals surface area contributed by atoms with Gasteiger partial charge in [-0.3, -0.25) is 14.5 Å². The molecule has 0 saturated heterocycles. The zero-order chi connectivity index (χ0) is 26.6. The Hall–Kier alpha value is -4.01. The predicted octanol–water partition coefficient (Wildman–Crippen LogP) is 4.63. The highest BCUT2D eigenvalue weighted by Gasteiger charge is 2.34. The number of carbonyl (C=O) groups is 4. The summed E-state index contributed by atoms with van der Waals surface area (Å²) in [5, 5.41) is 17.5. The molecule has 1 aliphatic heterocycles. The molecule has 0 spiro atoms. The summed E-state index contributed by atoms with van der Waals surface area (Å²) in [5.74, 6) is -1.57. The SMILES string of the molecule is CC(C)CC1=NN(CC(=O)Nc2cccc(C(=O)O)c2)C(=O)N(CC(=O)C(C)(C)C)c2ccccc21. The van der Waals surface area contributed by atoms with Gasteiger partial charge in [0.25, 0.3) is 0 Å². The largest absolute Gasteiger partial charge is 0.478 e. The lowest BCUT2D eigenvalue weighted by Crippen LogP contribution is -2.47. The van der Waals surface area contributed by atoms with Crippen LogP contribution in [0.4, 0.5) is 16.2 Å². The Morgan fingerprint density at radius 3 is 2.36 bits per heavy atom. The molecule has 0 aliphatic carbocycles. The second-order valence-electron chi connectivity index (χ2n) is 10.2. The highest BCUT2D eigenvalue weighted by molar-refractivity contribution is 6.12. The number of urea groups is 1. The van der Waals surface area contributed by atoms with Crippen LogP contribution in [0.3, 0.4) is 0 Å². The first kappa shape index (κ1) is 26.6. The van der Waals surface area contributed by atoms with Crippen LogP contribution in [0.2, 0.25) is 0 Å². The fourth-order valence-corrected chi connectivity index (χ4v) is 3.68. The Labute approximate surface area is 210 Å². The van der Waals surface area contributed by atoms with Gasteiger partial charge in [-0.25, -0.2) is 14.6 Å². The summed E-state index contributed by atoms with van der Waals surface area (Å²) >= 11 is 0. The number of carboxylic acids is 1. The van der Waals surface area contributed by atoms with Crippen molar-refractivity contribution in [2.75, 3.05) is 23.3 Å². The van der Waals surface area contributed by atoms with Crippen LogP contribution >= 0.6 is 0 Å². The van der Waals surface area contributed by atoms with Crippen molar-refractivity contribution in [1.82, 2.24) is 5.01 Å². The summed E-state index contributed by atoms with van der Waals surface area (Å²) in [6, 6.07) is 12.5. The number of carbonyl (C=O) groups excluding carboxylic acids is 3. The lowest BCUT2D eigenvalue weighted by molar-refractivity contribution is -0.124. The maximum Gasteiger partial charge on any atom is 0.345 e. The minimum atomic E-state index is -1.12. The van der Waals surface area contributed by atoms with E-state index < -0.39 is 29.9 Å². The lowest BCUT2D eigenvalue weighted by Gasteiger charge is -2.28. The van der Waals surface area contributed by atoms with Crippen LogP contribution in [-0.4, -0.2) is 52.6 Å². The molecular formula is C27H32N4O5. The van der Waals surface area contributed by atoms with Gasteiger partial charge >= 0.3 is 12.0 Å². The second-order valence-corrected chi connectivity index (χ2v) is 10.2. The van der Waals surface area contributed by atoms with Crippen LogP contribution in [0, 0.1) is 11.3 Å². The van der Waals surface area contributed by atoms with Crippen molar-refractivity contribution in [1.29, 1.82) is 0 Å². The van der Waals surface area contributed by atoms with E-state index in [1.54, 1.807) is 39.0 Å². The molecule has 0 bridgehead atoms. The summed E-state index contributed by atoms with van der Waals surface area (Å²) in [6.45, 7) is 8.87.